The Hall–Kier alpha value is -6.42. The van der Waals surface area contributed by atoms with Gasteiger partial charge in [-0.1, -0.05) is 43.2 Å². The molecule has 1 aliphatic carbocycles. The van der Waals surface area contributed by atoms with E-state index in [2.05, 4.69) is 16.7 Å². The van der Waals surface area contributed by atoms with Crippen LogP contribution in [0.15, 0.2) is 54.9 Å². The molecule has 1 fully saturated rings. The van der Waals surface area contributed by atoms with Gasteiger partial charge in [-0.3, -0.25) is 4.79 Å². The highest BCUT2D eigenvalue weighted by molar-refractivity contribution is 7.20. The summed E-state index contributed by atoms with van der Waals surface area (Å²) in [5, 5.41) is 0. The molecule has 0 spiro atoms. The Labute approximate surface area is 351 Å². The maximum atomic E-state index is 15.4. The number of carbonyl (C=O) groups is 1. The average molecular weight is 945 g/mol. The van der Waals surface area contributed by atoms with Crippen LogP contribution in [-0.4, -0.2) is 11.9 Å². The van der Waals surface area contributed by atoms with E-state index in [1.165, 1.54) is 18.4 Å². The minimum absolute atomic E-state index is 0.264. The standard InChI is InChI=1S/C24BF20.C18H20NO/c26-5-1(6(27)14(35)21(42)13(5)34)25(2-7(28)15(36)22(43)16(37)8(2)29,3-9(30)17(38)23(44)18(39)10(3)31)4-11(32)19(40)24(45)20(41)12(4)33;20-18(16-8-4-5-9-16)17-10-12-19(13-11-17)14-15-6-2-1-3-7-15/h;1-3,6-7,10-13,16H,4-5,8-9,14H2/q-1;+1. The van der Waals surface area contributed by atoms with E-state index in [1.807, 2.05) is 42.7 Å². The predicted molar refractivity (Wildman–Crippen MR) is 188 cm³/mol. The third-order valence-electron chi connectivity index (χ3n) is 10.8. The quantitative estimate of drug-likeness (QED) is 0.0373. The van der Waals surface area contributed by atoms with Crippen LogP contribution in [0, 0.1) is 122 Å². The van der Waals surface area contributed by atoms with E-state index in [1.54, 1.807) is 0 Å². The zero-order chi connectivity index (χ0) is 48.1. The van der Waals surface area contributed by atoms with Gasteiger partial charge in [0.2, 0.25) is 0 Å². The Morgan fingerprint density at radius 3 is 0.938 bits per heavy atom. The van der Waals surface area contributed by atoms with Crippen molar-refractivity contribution < 1.29 is 97.2 Å². The molecule has 2 nitrogen and oxygen atoms in total. The van der Waals surface area contributed by atoms with Gasteiger partial charge in [0.1, 0.15) is 52.7 Å². The van der Waals surface area contributed by atoms with E-state index in [-0.39, 0.29) is 5.92 Å². The lowest BCUT2D eigenvalue weighted by Crippen LogP contribution is -2.81. The molecule has 0 N–H and O–H groups in total. The molecule has 0 amide bonds. The van der Waals surface area contributed by atoms with Gasteiger partial charge in [-0.15, -0.1) is 21.9 Å². The fourth-order valence-electron chi connectivity index (χ4n) is 7.82. The highest BCUT2D eigenvalue weighted by Crippen LogP contribution is 2.31. The Morgan fingerprint density at radius 2 is 0.662 bits per heavy atom. The van der Waals surface area contributed by atoms with Gasteiger partial charge in [-0.05, 0) is 12.8 Å². The number of ketones is 1. The summed E-state index contributed by atoms with van der Waals surface area (Å²) in [5.41, 5.74) is -12.2. The second kappa shape index (κ2) is 18.2. The molecule has 7 rings (SSSR count). The van der Waals surface area contributed by atoms with E-state index >= 15 is 35.1 Å². The maximum Gasteiger partial charge on any atom is 0.200 e. The van der Waals surface area contributed by atoms with Crippen molar-refractivity contribution in [3.05, 3.63) is 182 Å². The largest absolute Gasteiger partial charge is 0.294 e. The third-order valence-corrected chi connectivity index (χ3v) is 10.8. The number of Topliss-reactive ketones (excluding diaryl/α,β-unsaturated/α-hetero) is 1. The van der Waals surface area contributed by atoms with Crippen LogP contribution in [-0.2, 0) is 6.54 Å². The molecular weight excluding hydrogens is 925 g/mol. The predicted octanol–water partition coefficient (Wildman–Crippen LogP) is 9.24. The van der Waals surface area contributed by atoms with Gasteiger partial charge in [-0.25, -0.2) is 92.4 Å². The van der Waals surface area contributed by atoms with Crippen molar-refractivity contribution in [2.45, 2.75) is 32.2 Å². The lowest BCUT2D eigenvalue weighted by atomic mass is 9.12. The van der Waals surface area contributed by atoms with Crippen LogP contribution >= 0.6 is 0 Å². The number of hydrogen-bond donors (Lipinski definition) is 0. The Bertz CT molecular complexity index is 2490. The monoisotopic (exact) mass is 945 g/mol. The van der Waals surface area contributed by atoms with Gasteiger partial charge in [0.15, 0.2) is 94.5 Å². The van der Waals surface area contributed by atoms with Crippen molar-refractivity contribution in [3.8, 4) is 0 Å². The van der Waals surface area contributed by atoms with Crippen molar-refractivity contribution >= 4 is 33.8 Å². The number of benzene rings is 5. The summed E-state index contributed by atoms with van der Waals surface area (Å²) in [5.74, 6) is -70.8. The van der Waals surface area contributed by atoms with Crippen LogP contribution in [0.25, 0.3) is 0 Å². The van der Waals surface area contributed by atoms with Crippen LogP contribution < -0.4 is 26.4 Å². The number of carbonyl (C=O) groups excluding carboxylic acids is 1. The smallest absolute Gasteiger partial charge is 0.200 e. The molecule has 23 heteroatoms. The van der Waals surface area contributed by atoms with Gasteiger partial charge in [0, 0.05) is 29.2 Å². The lowest BCUT2D eigenvalue weighted by Gasteiger charge is -2.44. The Balaban J connectivity index is 0.000000289. The number of pyridine rings is 1. The van der Waals surface area contributed by atoms with Crippen LogP contribution in [0.1, 0.15) is 41.6 Å². The first-order valence-corrected chi connectivity index (χ1v) is 18.3. The van der Waals surface area contributed by atoms with E-state index in [4.69, 9.17) is 0 Å². The zero-order valence-electron chi connectivity index (χ0n) is 31.8. The number of hydrogen-bond acceptors (Lipinski definition) is 1. The zero-order valence-corrected chi connectivity index (χ0v) is 31.8. The molecule has 0 atom stereocenters. The fourth-order valence-corrected chi connectivity index (χ4v) is 7.82. The summed E-state index contributed by atoms with van der Waals surface area (Å²) in [6, 6.07) is 14.3. The molecule has 1 aromatic heterocycles. The fraction of sp³-hybridized carbons (Fsp3) is 0.143. The van der Waals surface area contributed by atoms with Crippen molar-refractivity contribution in [3.63, 3.8) is 0 Å². The van der Waals surface area contributed by atoms with Crippen molar-refractivity contribution in [2.75, 3.05) is 0 Å². The molecule has 0 bridgehead atoms. The van der Waals surface area contributed by atoms with Crippen LogP contribution in [0.5, 0.6) is 0 Å². The first-order valence-electron chi connectivity index (χ1n) is 18.3. The minimum atomic E-state index is -7.22. The van der Waals surface area contributed by atoms with Crippen LogP contribution in [0.3, 0.4) is 0 Å². The summed E-state index contributed by atoms with van der Waals surface area (Å²) in [6.07, 6.45) is 1.35. The van der Waals surface area contributed by atoms with Gasteiger partial charge in [-0.2, -0.15) is 0 Å². The van der Waals surface area contributed by atoms with Gasteiger partial charge in [0.05, 0.1) is 0 Å². The molecule has 0 aliphatic heterocycles. The summed E-state index contributed by atoms with van der Waals surface area (Å²) in [6.45, 7) is 0.846. The molecule has 5 aromatic carbocycles. The number of halogens is 20. The normalized spacial score (nSPS) is 13.0. The van der Waals surface area contributed by atoms with E-state index in [0.29, 0.717) is 5.78 Å². The highest BCUT2D eigenvalue weighted by Gasteiger charge is 2.52. The third kappa shape index (κ3) is 7.85. The Morgan fingerprint density at radius 1 is 0.400 bits per heavy atom. The molecule has 1 saturated carbocycles. The molecule has 1 aliphatic rings. The molecule has 0 saturated heterocycles. The first kappa shape index (κ1) is 48.1. The van der Waals surface area contributed by atoms with Crippen LogP contribution in [0.4, 0.5) is 87.8 Å². The van der Waals surface area contributed by atoms with Crippen molar-refractivity contribution in [1.82, 2.24) is 0 Å². The maximum absolute atomic E-state index is 15.4. The van der Waals surface area contributed by atoms with Crippen molar-refractivity contribution in [1.29, 1.82) is 0 Å². The Kier molecular flexibility index (Phi) is 13.5. The lowest BCUT2D eigenvalue weighted by molar-refractivity contribution is -0.688. The highest BCUT2D eigenvalue weighted by atomic mass is 19.2. The molecule has 0 radical (unpaired) electrons. The van der Waals surface area contributed by atoms with Crippen LogP contribution in [0.2, 0.25) is 0 Å². The summed E-state index contributed by atoms with van der Waals surface area (Å²) in [7, 11) is 0. The second-order valence-electron chi connectivity index (χ2n) is 14.4. The minimum Gasteiger partial charge on any atom is -0.294 e. The number of aromatic nitrogens is 1. The topological polar surface area (TPSA) is 20.9 Å². The van der Waals surface area contributed by atoms with Gasteiger partial charge >= 0.3 is 0 Å². The van der Waals surface area contributed by atoms with Crippen molar-refractivity contribution in [2.24, 2.45) is 5.92 Å². The van der Waals surface area contributed by atoms with E-state index < -0.39 is 144 Å². The van der Waals surface area contributed by atoms with E-state index in [0.717, 1.165) is 24.9 Å². The molecule has 6 aromatic rings. The van der Waals surface area contributed by atoms with E-state index in [9.17, 15) is 57.5 Å². The van der Waals surface area contributed by atoms with Gasteiger partial charge in [0.25, 0.3) is 0 Å². The molecule has 342 valence electrons. The summed E-state index contributed by atoms with van der Waals surface area (Å²) >= 11 is 0. The number of nitrogens with zero attached hydrogens (tertiary/aromatic N) is 1. The average Bonchev–Trinajstić information content (AvgIpc) is 3.85. The van der Waals surface area contributed by atoms with Gasteiger partial charge < -0.3 is 0 Å². The molecule has 1 heterocycles. The summed E-state index contributed by atoms with van der Waals surface area (Å²) < 4.78 is 296. The second-order valence-corrected chi connectivity index (χ2v) is 14.4. The first-order chi connectivity index (χ1) is 30.5. The molecular formula is C42H20BF20NO. The molecule has 65 heavy (non-hydrogen) atoms. The number of rotatable bonds is 8. The SMILES string of the molecule is Fc1c(F)c(F)c([B-](c2c(F)c(F)c(F)c(F)c2F)(c2c(F)c(F)c(F)c(F)c2F)c2c(F)c(F)c(F)c(F)c2F)c(F)c1F.O=C(c1cc[n+](Cc2ccccc2)cc1)C1CCCC1. The molecule has 0 unspecified atom stereocenters. The summed E-state index contributed by atoms with van der Waals surface area (Å²) in [4.78, 5) is 12.3.